The second-order valence-electron chi connectivity index (χ2n) is 3.60. The molecule has 1 atom stereocenters. The molecule has 1 fully saturated rings. The van der Waals surface area contributed by atoms with E-state index in [0.717, 1.165) is 6.42 Å². The van der Waals surface area contributed by atoms with Gasteiger partial charge in [0, 0.05) is 20.0 Å². The third-order valence-electron chi connectivity index (χ3n) is 2.60. The average molecular weight is 184 g/mol. The van der Waals surface area contributed by atoms with Gasteiger partial charge in [-0.05, 0) is 12.3 Å². The van der Waals surface area contributed by atoms with Crippen LogP contribution in [-0.2, 0) is 14.3 Å². The van der Waals surface area contributed by atoms with E-state index in [1.807, 2.05) is 6.92 Å². The molecule has 0 N–H and O–H groups in total. The summed E-state index contributed by atoms with van der Waals surface area (Å²) in [6.45, 7) is 2.01. The number of hydrogen-bond donors (Lipinski definition) is 0. The minimum absolute atomic E-state index is 0.0631. The van der Waals surface area contributed by atoms with Crippen LogP contribution >= 0.6 is 0 Å². The molecule has 0 aromatic carbocycles. The van der Waals surface area contributed by atoms with Gasteiger partial charge in [-0.1, -0.05) is 6.92 Å². The lowest BCUT2D eigenvalue weighted by atomic mass is 9.83. The van der Waals surface area contributed by atoms with Crippen LogP contribution < -0.4 is 0 Å². The first kappa shape index (κ1) is 10.4. The molecule has 3 heteroatoms. The molecule has 1 rings (SSSR count). The van der Waals surface area contributed by atoms with Gasteiger partial charge in [-0.2, -0.15) is 0 Å². The van der Waals surface area contributed by atoms with E-state index in [1.165, 1.54) is 0 Å². The molecule has 1 aliphatic carbocycles. The van der Waals surface area contributed by atoms with Crippen molar-refractivity contribution in [1.29, 1.82) is 0 Å². The summed E-state index contributed by atoms with van der Waals surface area (Å²) in [6, 6.07) is 0. The first-order valence-corrected chi connectivity index (χ1v) is 4.73. The first-order chi connectivity index (χ1) is 6.17. The van der Waals surface area contributed by atoms with Crippen molar-refractivity contribution in [2.75, 3.05) is 7.11 Å². The van der Waals surface area contributed by atoms with Gasteiger partial charge in [0.25, 0.3) is 0 Å². The topological polar surface area (TPSA) is 43.4 Å². The summed E-state index contributed by atoms with van der Waals surface area (Å²) in [5, 5.41) is 0. The quantitative estimate of drug-likeness (QED) is 0.622. The molecular weight excluding hydrogens is 168 g/mol. The summed E-state index contributed by atoms with van der Waals surface area (Å²) in [6.07, 6.45) is 2.09. The van der Waals surface area contributed by atoms with Crippen molar-refractivity contribution in [3.63, 3.8) is 0 Å². The van der Waals surface area contributed by atoms with Crippen LogP contribution in [0.2, 0.25) is 0 Å². The summed E-state index contributed by atoms with van der Waals surface area (Å²) >= 11 is 0. The number of ether oxygens (including phenoxy) is 1. The average Bonchev–Trinajstić information content (AvgIpc) is 2.04. The van der Waals surface area contributed by atoms with Crippen LogP contribution in [0.15, 0.2) is 0 Å². The van der Waals surface area contributed by atoms with Gasteiger partial charge in [0.2, 0.25) is 0 Å². The SMILES string of the molecule is CCC(OC)C1CC(=O)CC(=O)C1. The van der Waals surface area contributed by atoms with E-state index in [2.05, 4.69) is 0 Å². The largest absolute Gasteiger partial charge is 0.381 e. The smallest absolute Gasteiger partial charge is 0.140 e. The highest BCUT2D eigenvalue weighted by Crippen LogP contribution is 2.25. The lowest BCUT2D eigenvalue weighted by Gasteiger charge is -2.26. The highest BCUT2D eigenvalue weighted by molar-refractivity contribution is 6.01. The molecule has 0 aromatic rings. The minimum Gasteiger partial charge on any atom is -0.381 e. The molecule has 0 heterocycles. The van der Waals surface area contributed by atoms with Crippen molar-refractivity contribution in [2.45, 2.75) is 38.7 Å². The molecule has 0 amide bonds. The molecular formula is C10H16O3. The normalized spacial score (nSPS) is 22.0. The second kappa shape index (κ2) is 4.51. The fourth-order valence-corrected chi connectivity index (χ4v) is 1.98. The van der Waals surface area contributed by atoms with Crippen molar-refractivity contribution in [3.05, 3.63) is 0 Å². The van der Waals surface area contributed by atoms with E-state index in [9.17, 15) is 9.59 Å². The number of carbonyl (C=O) groups excluding carboxylic acids is 2. The van der Waals surface area contributed by atoms with Crippen molar-refractivity contribution >= 4 is 11.6 Å². The van der Waals surface area contributed by atoms with Crippen LogP contribution in [0.1, 0.15) is 32.6 Å². The molecule has 1 unspecified atom stereocenters. The molecule has 0 aliphatic heterocycles. The van der Waals surface area contributed by atoms with Crippen LogP contribution in [0.5, 0.6) is 0 Å². The zero-order valence-electron chi connectivity index (χ0n) is 8.21. The summed E-state index contributed by atoms with van der Waals surface area (Å²) < 4.78 is 5.23. The van der Waals surface area contributed by atoms with E-state index >= 15 is 0 Å². The lowest BCUT2D eigenvalue weighted by molar-refractivity contribution is -0.133. The van der Waals surface area contributed by atoms with Gasteiger partial charge in [0.15, 0.2) is 0 Å². The molecule has 0 radical (unpaired) electrons. The Kier molecular flexibility index (Phi) is 3.60. The molecule has 0 bridgehead atoms. The fraction of sp³-hybridized carbons (Fsp3) is 0.800. The summed E-state index contributed by atoms with van der Waals surface area (Å²) in [5.74, 6) is 0.247. The maximum atomic E-state index is 11.1. The molecule has 13 heavy (non-hydrogen) atoms. The lowest BCUT2D eigenvalue weighted by Crippen LogP contribution is -2.32. The highest BCUT2D eigenvalue weighted by atomic mass is 16.5. The summed E-state index contributed by atoms with van der Waals surface area (Å²) in [5.41, 5.74) is 0. The summed E-state index contributed by atoms with van der Waals surface area (Å²) in [4.78, 5) is 22.3. The van der Waals surface area contributed by atoms with Crippen LogP contribution in [0, 0.1) is 5.92 Å². The Morgan fingerprint density at radius 3 is 2.31 bits per heavy atom. The van der Waals surface area contributed by atoms with Gasteiger partial charge in [0.05, 0.1) is 12.5 Å². The van der Waals surface area contributed by atoms with Crippen LogP contribution in [0.4, 0.5) is 0 Å². The van der Waals surface area contributed by atoms with Crippen molar-refractivity contribution < 1.29 is 14.3 Å². The monoisotopic (exact) mass is 184 g/mol. The van der Waals surface area contributed by atoms with Gasteiger partial charge < -0.3 is 4.74 Å². The Hall–Kier alpha value is -0.700. The van der Waals surface area contributed by atoms with Crippen molar-refractivity contribution in [2.24, 2.45) is 5.92 Å². The third kappa shape index (κ3) is 2.62. The second-order valence-corrected chi connectivity index (χ2v) is 3.60. The first-order valence-electron chi connectivity index (χ1n) is 4.73. The number of methoxy groups -OCH3 is 1. The van der Waals surface area contributed by atoms with Gasteiger partial charge in [-0.25, -0.2) is 0 Å². The predicted molar refractivity (Wildman–Crippen MR) is 48.4 cm³/mol. The number of hydrogen-bond acceptors (Lipinski definition) is 3. The Balaban J connectivity index is 2.58. The maximum absolute atomic E-state index is 11.1. The maximum Gasteiger partial charge on any atom is 0.140 e. The van der Waals surface area contributed by atoms with E-state index in [-0.39, 0.29) is 30.0 Å². The zero-order valence-corrected chi connectivity index (χ0v) is 8.21. The highest BCUT2D eigenvalue weighted by Gasteiger charge is 2.30. The van der Waals surface area contributed by atoms with Crippen LogP contribution in [0.3, 0.4) is 0 Å². The number of carbonyl (C=O) groups is 2. The van der Waals surface area contributed by atoms with E-state index in [0.29, 0.717) is 12.8 Å². The molecule has 0 spiro atoms. The van der Waals surface area contributed by atoms with E-state index in [4.69, 9.17) is 4.74 Å². The molecule has 0 aromatic heterocycles. The van der Waals surface area contributed by atoms with Crippen LogP contribution in [-0.4, -0.2) is 24.8 Å². The van der Waals surface area contributed by atoms with Crippen molar-refractivity contribution in [1.82, 2.24) is 0 Å². The van der Waals surface area contributed by atoms with Gasteiger partial charge >= 0.3 is 0 Å². The molecule has 1 aliphatic rings. The number of Topliss-reactive ketones (excluding diaryl/α,β-unsaturated/α-hetero) is 2. The van der Waals surface area contributed by atoms with Crippen LogP contribution in [0.25, 0.3) is 0 Å². The summed E-state index contributed by atoms with van der Waals surface area (Å²) in [7, 11) is 1.64. The van der Waals surface area contributed by atoms with E-state index in [1.54, 1.807) is 7.11 Å². The zero-order chi connectivity index (χ0) is 9.84. The number of ketones is 2. The fourth-order valence-electron chi connectivity index (χ4n) is 1.98. The molecule has 3 nitrogen and oxygen atoms in total. The van der Waals surface area contributed by atoms with Gasteiger partial charge in [-0.15, -0.1) is 0 Å². The Morgan fingerprint density at radius 1 is 1.38 bits per heavy atom. The minimum atomic E-state index is 0.0631. The molecule has 74 valence electrons. The molecule has 0 saturated heterocycles. The predicted octanol–water partition coefficient (Wildman–Crippen LogP) is 1.35. The van der Waals surface area contributed by atoms with Gasteiger partial charge in [0.1, 0.15) is 11.6 Å². The van der Waals surface area contributed by atoms with Crippen molar-refractivity contribution in [3.8, 4) is 0 Å². The Morgan fingerprint density at radius 2 is 1.92 bits per heavy atom. The molecule has 1 saturated carbocycles. The van der Waals surface area contributed by atoms with Gasteiger partial charge in [-0.3, -0.25) is 9.59 Å². The number of rotatable bonds is 3. The Bertz CT molecular complexity index is 190. The Labute approximate surface area is 78.5 Å². The standard InChI is InChI=1S/C10H16O3/c1-3-10(13-2)7-4-8(11)6-9(12)5-7/h7,10H,3-6H2,1-2H3. The third-order valence-corrected chi connectivity index (χ3v) is 2.60. The van der Waals surface area contributed by atoms with E-state index < -0.39 is 0 Å².